The number of hydrogen-bond donors (Lipinski definition) is 1. The molecule has 1 aliphatic rings. The van der Waals surface area contributed by atoms with Gasteiger partial charge in [-0.3, -0.25) is 4.98 Å². The van der Waals surface area contributed by atoms with Crippen LogP contribution < -0.4 is 0 Å². The quantitative estimate of drug-likeness (QED) is 0.349. The smallest absolute Gasteiger partial charge is 0.407 e. The number of carbonyl (C=O) groups is 1. The van der Waals surface area contributed by atoms with Gasteiger partial charge in [0.2, 0.25) is 0 Å². The van der Waals surface area contributed by atoms with Crippen molar-refractivity contribution in [2.24, 2.45) is 0 Å². The molecule has 4 aromatic rings. The van der Waals surface area contributed by atoms with Crippen molar-refractivity contribution in [3.63, 3.8) is 0 Å². The average Bonchev–Trinajstić information content (AvgIpc) is 2.93. The summed E-state index contributed by atoms with van der Waals surface area (Å²) in [5, 5.41) is 12.0. The topological polar surface area (TPSA) is 71.9 Å². The van der Waals surface area contributed by atoms with Crippen LogP contribution in [-0.4, -0.2) is 47.4 Å². The summed E-state index contributed by atoms with van der Waals surface area (Å²) in [5.74, 6) is 0.106. The van der Waals surface area contributed by atoms with Crippen molar-refractivity contribution < 1.29 is 19.4 Å². The summed E-state index contributed by atoms with van der Waals surface area (Å²) in [6.45, 7) is 1.28. The number of piperidine rings is 1. The summed E-state index contributed by atoms with van der Waals surface area (Å²) < 4.78 is 12.1. The molecule has 1 fully saturated rings. The van der Waals surface area contributed by atoms with Gasteiger partial charge in [-0.15, -0.1) is 0 Å². The van der Waals surface area contributed by atoms with Crippen LogP contribution in [0, 0.1) is 0 Å². The van der Waals surface area contributed by atoms with E-state index in [1.165, 1.54) is 15.7 Å². The van der Waals surface area contributed by atoms with E-state index >= 15 is 0 Å². The maximum atomic E-state index is 11.7. The predicted molar refractivity (Wildman–Crippen MR) is 139 cm³/mol. The van der Waals surface area contributed by atoms with Crippen molar-refractivity contribution in [1.82, 2.24) is 9.88 Å². The molecule has 36 heavy (non-hydrogen) atoms. The fraction of sp³-hybridized carbons (Fsp3) is 0.267. The molecule has 6 nitrogen and oxygen atoms in total. The fourth-order valence-corrected chi connectivity index (χ4v) is 5.09. The fourth-order valence-electron chi connectivity index (χ4n) is 5.09. The lowest BCUT2D eigenvalue weighted by Crippen LogP contribution is -2.46. The number of fused-ring (bicyclic) bond motifs is 1. The number of carboxylic acid groups (broad SMARTS) is 1. The Kier molecular flexibility index (Phi) is 7.26. The first-order valence-electron chi connectivity index (χ1n) is 12.2. The monoisotopic (exact) mass is 482 g/mol. The molecule has 6 heteroatoms. The molecule has 1 amide bonds. The molecule has 3 atom stereocenters. The molecule has 5 rings (SSSR count). The molecule has 0 bridgehead atoms. The van der Waals surface area contributed by atoms with E-state index in [2.05, 4.69) is 59.6 Å². The summed E-state index contributed by atoms with van der Waals surface area (Å²) in [4.78, 5) is 17.4. The number of benzene rings is 3. The van der Waals surface area contributed by atoms with Gasteiger partial charge in [0.05, 0.1) is 19.3 Å². The van der Waals surface area contributed by atoms with Crippen LogP contribution in [0.15, 0.2) is 91.3 Å². The molecular formula is C30H30N2O4. The van der Waals surface area contributed by atoms with Crippen LogP contribution in [-0.2, 0) is 16.1 Å². The number of likely N-dealkylation sites (tertiary alicyclic amines) is 1. The van der Waals surface area contributed by atoms with Crippen LogP contribution in [0.1, 0.15) is 40.7 Å². The second-order valence-corrected chi connectivity index (χ2v) is 9.22. The standard InChI is InChI=1S/C30H30N2O4/c1-35-29(26-7-4-15-31-18-26)24-12-10-23(11-13-24)27-14-16-32(30(33)34)19-28(27)36-20-21-8-9-22-5-2-3-6-25(22)17-21/h2-13,15,17-18,27-29H,14,16,19-20H2,1H3,(H,33,34). The van der Waals surface area contributed by atoms with Crippen molar-refractivity contribution >= 4 is 16.9 Å². The summed E-state index contributed by atoms with van der Waals surface area (Å²) in [7, 11) is 1.70. The zero-order valence-electron chi connectivity index (χ0n) is 20.3. The highest BCUT2D eigenvalue weighted by molar-refractivity contribution is 5.82. The van der Waals surface area contributed by atoms with Crippen LogP contribution in [0.25, 0.3) is 10.8 Å². The van der Waals surface area contributed by atoms with Gasteiger partial charge in [0.1, 0.15) is 6.10 Å². The molecule has 0 aliphatic carbocycles. The lowest BCUT2D eigenvalue weighted by Gasteiger charge is -2.37. The number of rotatable bonds is 7. The Morgan fingerprint density at radius 3 is 2.56 bits per heavy atom. The Morgan fingerprint density at radius 1 is 1.03 bits per heavy atom. The normalized spacial score (nSPS) is 18.8. The highest BCUT2D eigenvalue weighted by atomic mass is 16.5. The van der Waals surface area contributed by atoms with Crippen molar-refractivity contribution in [1.29, 1.82) is 0 Å². The minimum Gasteiger partial charge on any atom is -0.465 e. The van der Waals surface area contributed by atoms with Crippen molar-refractivity contribution in [2.75, 3.05) is 20.2 Å². The number of aromatic nitrogens is 1. The van der Waals surface area contributed by atoms with E-state index in [1.54, 1.807) is 13.3 Å². The van der Waals surface area contributed by atoms with Gasteiger partial charge in [-0.1, -0.05) is 66.7 Å². The minimum atomic E-state index is -0.900. The third kappa shape index (κ3) is 5.25. The van der Waals surface area contributed by atoms with Gasteiger partial charge >= 0.3 is 6.09 Å². The Labute approximate surface area is 211 Å². The van der Waals surface area contributed by atoms with E-state index in [0.29, 0.717) is 26.1 Å². The Bertz CT molecular complexity index is 1310. The van der Waals surface area contributed by atoms with Gasteiger partial charge in [-0.25, -0.2) is 4.79 Å². The van der Waals surface area contributed by atoms with Crippen molar-refractivity contribution in [2.45, 2.75) is 31.2 Å². The van der Waals surface area contributed by atoms with Crippen molar-refractivity contribution in [3.05, 3.63) is 114 Å². The van der Waals surface area contributed by atoms with E-state index in [4.69, 9.17) is 9.47 Å². The maximum absolute atomic E-state index is 11.7. The van der Waals surface area contributed by atoms with Gasteiger partial charge in [0.15, 0.2) is 0 Å². The molecule has 0 saturated carbocycles. The lowest BCUT2D eigenvalue weighted by atomic mass is 9.86. The first-order valence-corrected chi connectivity index (χ1v) is 12.2. The molecule has 1 aromatic heterocycles. The summed E-state index contributed by atoms with van der Waals surface area (Å²) in [5.41, 5.74) is 4.27. The lowest BCUT2D eigenvalue weighted by molar-refractivity contribution is -0.0199. The van der Waals surface area contributed by atoms with Gasteiger partial charge < -0.3 is 19.5 Å². The third-order valence-corrected chi connectivity index (χ3v) is 7.00. The molecule has 3 aromatic carbocycles. The van der Waals surface area contributed by atoms with Crippen LogP contribution in [0.5, 0.6) is 0 Å². The Morgan fingerprint density at radius 2 is 1.83 bits per heavy atom. The molecular weight excluding hydrogens is 452 g/mol. The second kappa shape index (κ2) is 10.9. The van der Waals surface area contributed by atoms with Crippen LogP contribution >= 0.6 is 0 Å². The Hall–Kier alpha value is -3.74. The van der Waals surface area contributed by atoms with E-state index in [0.717, 1.165) is 22.3 Å². The average molecular weight is 483 g/mol. The number of nitrogens with zero attached hydrogens (tertiary/aromatic N) is 2. The zero-order valence-corrected chi connectivity index (χ0v) is 20.3. The maximum Gasteiger partial charge on any atom is 0.407 e. The number of methoxy groups -OCH3 is 1. The minimum absolute atomic E-state index is 0.106. The van der Waals surface area contributed by atoms with E-state index in [-0.39, 0.29) is 18.1 Å². The van der Waals surface area contributed by atoms with Crippen LogP contribution in [0.2, 0.25) is 0 Å². The molecule has 184 valence electrons. The van der Waals surface area contributed by atoms with Crippen LogP contribution in [0.4, 0.5) is 4.79 Å². The van der Waals surface area contributed by atoms with Gasteiger partial charge in [0, 0.05) is 37.5 Å². The summed E-state index contributed by atoms with van der Waals surface area (Å²) >= 11 is 0. The molecule has 1 N–H and O–H groups in total. The SMILES string of the molecule is COC(c1ccc(C2CCN(C(=O)O)CC2OCc2ccc3ccccc3c2)cc1)c1cccnc1. The van der Waals surface area contributed by atoms with Gasteiger partial charge in [0.25, 0.3) is 0 Å². The van der Waals surface area contributed by atoms with Crippen LogP contribution in [0.3, 0.4) is 0 Å². The second-order valence-electron chi connectivity index (χ2n) is 9.22. The molecule has 2 heterocycles. The number of ether oxygens (including phenoxy) is 2. The number of hydrogen-bond acceptors (Lipinski definition) is 4. The first kappa shape index (κ1) is 24.0. The summed E-state index contributed by atoms with van der Waals surface area (Å²) in [6, 6.07) is 26.9. The predicted octanol–water partition coefficient (Wildman–Crippen LogP) is 6.02. The zero-order chi connectivity index (χ0) is 24.9. The van der Waals surface area contributed by atoms with Gasteiger partial charge in [-0.2, -0.15) is 0 Å². The first-order chi connectivity index (χ1) is 17.6. The summed E-state index contributed by atoms with van der Waals surface area (Å²) in [6.07, 6.45) is 2.96. The van der Waals surface area contributed by atoms with E-state index in [9.17, 15) is 9.90 Å². The molecule has 0 spiro atoms. The van der Waals surface area contributed by atoms with E-state index in [1.807, 2.05) is 30.5 Å². The van der Waals surface area contributed by atoms with Gasteiger partial charge in [-0.05, 0) is 46.0 Å². The Balaban J connectivity index is 1.34. The third-order valence-electron chi connectivity index (χ3n) is 7.00. The molecule has 3 unspecified atom stereocenters. The molecule has 1 aliphatic heterocycles. The van der Waals surface area contributed by atoms with E-state index < -0.39 is 6.09 Å². The largest absolute Gasteiger partial charge is 0.465 e. The number of amides is 1. The number of pyridine rings is 1. The highest BCUT2D eigenvalue weighted by Gasteiger charge is 2.33. The molecule has 0 radical (unpaired) electrons. The highest BCUT2D eigenvalue weighted by Crippen LogP contribution is 2.33. The molecule has 1 saturated heterocycles. The van der Waals surface area contributed by atoms with Crippen molar-refractivity contribution in [3.8, 4) is 0 Å².